The largest absolute Gasteiger partial charge is 0.384 e. The fourth-order valence-corrected chi connectivity index (χ4v) is 1.72. The molecule has 0 fully saturated rings. The molecule has 86 valence electrons. The summed E-state index contributed by atoms with van der Waals surface area (Å²) in [4.78, 5) is 0. The maximum atomic E-state index is 5.24. The predicted octanol–water partition coefficient (Wildman–Crippen LogP) is 4.43. The summed E-state index contributed by atoms with van der Waals surface area (Å²) in [6, 6.07) is 0. The quantitative estimate of drug-likeness (QED) is 0.576. The molecule has 0 radical (unpaired) electrons. The second kappa shape index (κ2) is 10.8. The molecule has 0 aromatic heterocycles. The van der Waals surface area contributed by atoms with Crippen LogP contribution in [0.3, 0.4) is 0 Å². The fourth-order valence-electron chi connectivity index (χ4n) is 1.72. The SMILES string of the molecule is C=CC.CCCC(CC)(CC)COC. The van der Waals surface area contributed by atoms with Gasteiger partial charge in [-0.25, -0.2) is 0 Å². The van der Waals surface area contributed by atoms with E-state index in [2.05, 4.69) is 27.4 Å². The van der Waals surface area contributed by atoms with E-state index in [1.54, 1.807) is 13.2 Å². The molecular weight excluding hydrogens is 172 g/mol. The van der Waals surface area contributed by atoms with Crippen molar-refractivity contribution in [1.82, 2.24) is 0 Å². The minimum atomic E-state index is 0.462. The first-order valence-corrected chi connectivity index (χ1v) is 5.72. The van der Waals surface area contributed by atoms with Gasteiger partial charge in [0.1, 0.15) is 0 Å². The van der Waals surface area contributed by atoms with E-state index in [-0.39, 0.29) is 0 Å². The van der Waals surface area contributed by atoms with Crippen molar-refractivity contribution in [3.05, 3.63) is 12.7 Å². The summed E-state index contributed by atoms with van der Waals surface area (Å²) in [6.07, 6.45) is 6.80. The fraction of sp³-hybridized carbons (Fsp3) is 0.846. The lowest BCUT2D eigenvalue weighted by atomic mass is 9.79. The van der Waals surface area contributed by atoms with E-state index < -0.39 is 0 Å². The van der Waals surface area contributed by atoms with E-state index in [0.717, 1.165) is 6.61 Å². The van der Waals surface area contributed by atoms with Gasteiger partial charge in [-0.05, 0) is 31.6 Å². The van der Waals surface area contributed by atoms with E-state index in [9.17, 15) is 0 Å². The van der Waals surface area contributed by atoms with E-state index in [1.807, 2.05) is 6.92 Å². The number of hydrogen-bond acceptors (Lipinski definition) is 1. The van der Waals surface area contributed by atoms with Crippen LogP contribution in [0.4, 0.5) is 0 Å². The smallest absolute Gasteiger partial charge is 0.0518 e. The van der Waals surface area contributed by atoms with Gasteiger partial charge in [-0.3, -0.25) is 0 Å². The molecule has 0 atom stereocenters. The summed E-state index contributed by atoms with van der Waals surface area (Å²) in [5.74, 6) is 0. The zero-order valence-electron chi connectivity index (χ0n) is 10.7. The van der Waals surface area contributed by atoms with Gasteiger partial charge in [-0.2, -0.15) is 0 Å². The van der Waals surface area contributed by atoms with Crippen LogP contribution in [0.1, 0.15) is 53.4 Å². The van der Waals surface area contributed by atoms with Gasteiger partial charge in [-0.1, -0.05) is 33.3 Å². The Morgan fingerprint density at radius 1 is 1.21 bits per heavy atom. The Morgan fingerprint density at radius 3 is 1.86 bits per heavy atom. The van der Waals surface area contributed by atoms with Crippen molar-refractivity contribution in [1.29, 1.82) is 0 Å². The number of hydrogen-bond donors (Lipinski definition) is 0. The third-order valence-corrected chi connectivity index (χ3v) is 2.73. The number of methoxy groups -OCH3 is 1. The summed E-state index contributed by atoms with van der Waals surface area (Å²) in [5.41, 5.74) is 0.462. The first kappa shape index (κ1) is 16.1. The summed E-state index contributed by atoms with van der Waals surface area (Å²) in [5, 5.41) is 0. The average Bonchev–Trinajstić information content (AvgIpc) is 2.19. The van der Waals surface area contributed by atoms with Gasteiger partial charge >= 0.3 is 0 Å². The highest BCUT2D eigenvalue weighted by molar-refractivity contribution is 4.75. The molecule has 1 nitrogen and oxygen atoms in total. The van der Waals surface area contributed by atoms with E-state index in [0.29, 0.717) is 5.41 Å². The highest BCUT2D eigenvalue weighted by atomic mass is 16.5. The molecule has 0 aliphatic heterocycles. The molecule has 0 aliphatic carbocycles. The Morgan fingerprint density at radius 2 is 1.64 bits per heavy atom. The van der Waals surface area contributed by atoms with Crippen LogP contribution in [0.2, 0.25) is 0 Å². The first-order valence-electron chi connectivity index (χ1n) is 5.72. The lowest BCUT2D eigenvalue weighted by molar-refractivity contribution is 0.0647. The van der Waals surface area contributed by atoms with Gasteiger partial charge in [0.2, 0.25) is 0 Å². The summed E-state index contributed by atoms with van der Waals surface area (Å²) in [7, 11) is 1.80. The van der Waals surface area contributed by atoms with Gasteiger partial charge in [0.05, 0.1) is 6.61 Å². The van der Waals surface area contributed by atoms with Crippen molar-refractivity contribution < 1.29 is 4.74 Å². The number of rotatable bonds is 6. The van der Waals surface area contributed by atoms with Crippen molar-refractivity contribution >= 4 is 0 Å². The van der Waals surface area contributed by atoms with Crippen molar-refractivity contribution in [2.45, 2.75) is 53.4 Å². The first-order chi connectivity index (χ1) is 6.66. The zero-order valence-corrected chi connectivity index (χ0v) is 10.7. The van der Waals surface area contributed by atoms with Crippen LogP contribution < -0.4 is 0 Å². The van der Waals surface area contributed by atoms with Crippen LogP contribution in [-0.4, -0.2) is 13.7 Å². The monoisotopic (exact) mass is 200 g/mol. The highest BCUT2D eigenvalue weighted by Crippen LogP contribution is 2.31. The number of ether oxygens (including phenoxy) is 1. The lowest BCUT2D eigenvalue weighted by Gasteiger charge is -2.30. The second-order valence-electron chi connectivity index (χ2n) is 3.80. The molecule has 0 spiro atoms. The Hall–Kier alpha value is -0.300. The Balaban J connectivity index is 0. The molecular formula is C13H28O. The van der Waals surface area contributed by atoms with Crippen LogP contribution >= 0.6 is 0 Å². The Bertz CT molecular complexity index is 106. The van der Waals surface area contributed by atoms with E-state index in [4.69, 9.17) is 4.74 Å². The zero-order chi connectivity index (χ0) is 11.4. The molecule has 0 saturated heterocycles. The van der Waals surface area contributed by atoms with Crippen LogP contribution in [0.15, 0.2) is 12.7 Å². The molecule has 1 heteroatoms. The molecule has 0 aliphatic rings. The molecule has 0 saturated carbocycles. The van der Waals surface area contributed by atoms with Crippen LogP contribution in [-0.2, 0) is 4.74 Å². The minimum Gasteiger partial charge on any atom is -0.384 e. The van der Waals surface area contributed by atoms with Gasteiger partial charge in [0.25, 0.3) is 0 Å². The third-order valence-electron chi connectivity index (χ3n) is 2.73. The molecule has 0 amide bonds. The lowest BCUT2D eigenvalue weighted by Crippen LogP contribution is -2.24. The van der Waals surface area contributed by atoms with E-state index >= 15 is 0 Å². The molecule has 0 rings (SSSR count). The maximum absolute atomic E-state index is 5.24. The summed E-state index contributed by atoms with van der Waals surface area (Å²) >= 11 is 0. The molecule has 0 aromatic rings. The Labute approximate surface area is 90.5 Å². The average molecular weight is 200 g/mol. The normalized spacial score (nSPS) is 10.4. The molecule has 14 heavy (non-hydrogen) atoms. The minimum absolute atomic E-state index is 0.462. The maximum Gasteiger partial charge on any atom is 0.0518 e. The van der Waals surface area contributed by atoms with Crippen molar-refractivity contribution in [3.8, 4) is 0 Å². The standard InChI is InChI=1S/C10H22O.C3H6/c1-5-8-10(6-2,7-3)9-11-4;1-3-2/h5-9H2,1-4H3;3H,1H2,2H3. The molecule has 0 N–H and O–H groups in total. The summed E-state index contributed by atoms with van der Waals surface area (Å²) in [6.45, 7) is 12.9. The van der Waals surface area contributed by atoms with Crippen molar-refractivity contribution in [2.24, 2.45) is 5.41 Å². The van der Waals surface area contributed by atoms with Crippen molar-refractivity contribution in [3.63, 3.8) is 0 Å². The van der Waals surface area contributed by atoms with Gasteiger partial charge < -0.3 is 4.74 Å². The van der Waals surface area contributed by atoms with Gasteiger partial charge in [0.15, 0.2) is 0 Å². The van der Waals surface area contributed by atoms with Gasteiger partial charge in [-0.15, -0.1) is 6.58 Å². The second-order valence-corrected chi connectivity index (χ2v) is 3.80. The third kappa shape index (κ3) is 7.14. The summed E-state index contributed by atoms with van der Waals surface area (Å²) < 4.78 is 5.24. The van der Waals surface area contributed by atoms with Gasteiger partial charge in [0, 0.05) is 7.11 Å². The highest BCUT2D eigenvalue weighted by Gasteiger charge is 2.24. The van der Waals surface area contributed by atoms with Crippen LogP contribution in [0, 0.1) is 5.41 Å². The van der Waals surface area contributed by atoms with E-state index in [1.165, 1.54) is 25.7 Å². The Kier molecular flexibility index (Phi) is 12.4. The topological polar surface area (TPSA) is 9.23 Å². The molecule has 0 unspecified atom stereocenters. The predicted molar refractivity (Wildman–Crippen MR) is 65.7 cm³/mol. The number of allylic oxidation sites excluding steroid dienone is 1. The van der Waals surface area contributed by atoms with Crippen LogP contribution in [0.5, 0.6) is 0 Å². The molecule has 0 aromatic carbocycles. The van der Waals surface area contributed by atoms with Crippen LogP contribution in [0.25, 0.3) is 0 Å². The molecule has 0 bridgehead atoms. The van der Waals surface area contributed by atoms with Crippen molar-refractivity contribution in [2.75, 3.05) is 13.7 Å². The molecule has 0 heterocycles.